The van der Waals surface area contributed by atoms with Crippen LogP contribution in [0.4, 0.5) is 5.69 Å². The Morgan fingerprint density at radius 3 is 2.67 bits per heavy atom. The molecule has 1 aliphatic heterocycles. The van der Waals surface area contributed by atoms with E-state index in [0.717, 1.165) is 0 Å². The average Bonchev–Trinajstić information content (AvgIpc) is 3.17. The standard InChI is InChI=1S/C19H16N2O5S/c1-24-13-8-9-16(25-2)15(11-13)21-18(23)14(17(22)20-19(21)27)7-3-5-12-6-4-10-26-12/h3-11H,1-2H3,(H,20,22,27)/b5-3+,14-7-. The number of hydrogen-bond acceptors (Lipinski definition) is 6. The number of methoxy groups -OCH3 is 2. The molecule has 1 saturated heterocycles. The number of carbonyl (C=O) groups excluding carboxylic acids is 2. The summed E-state index contributed by atoms with van der Waals surface area (Å²) in [5.74, 6) is 0.374. The van der Waals surface area contributed by atoms with Gasteiger partial charge in [0.1, 0.15) is 22.8 Å². The molecule has 8 heteroatoms. The third-order valence-corrected chi connectivity index (χ3v) is 4.08. The Balaban J connectivity index is 1.98. The van der Waals surface area contributed by atoms with E-state index in [4.69, 9.17) is 26.1 Å². The van der Waals surface area contributed by atoms with Gasteiger partial charge in [0.25, 0.3) is 11.8 Å². The number of furan rings is 1. The number of benzene rings is 1. The Labute approximate surface area is 160 Å². The maximum absolute atomic E-state index is 13.0. The molecule has 1 N–H and O–H groups in total. The summed E-state index contributed by atoms with van der Waals surface area (Å²) in [5, 5.41) is 2.48. The molecule has 3 rings (SSSR count). The monoisotopic (exact) mass is 384 g/mol. The molecule has 0 aliphatic carbocycles. The minimum absolute atomic E-state index is 0.0382. The van der Waals surface area contributed by atoms with Crippen LogP contribution in [0.5, 0.6) is 11.5 Å². The molecule has 138 valence electrons. The average molecular weight is 384 g/mol. The number of hydrogen-bond donors (Lipinski definition) is 1. The summed E-state index contributed by atoms with van der Waals surface area (Å²) >= 11 is 5.20. The van der Waals surface area contributed by atoms with E-state index in [9.17, 15) is 9.59 Å². The Morgan fingerprint density at radius 1 is 1.19 bits per heavy atom. The fourth-order valence-electron chi connectivity index (χ4n) is 2.49. The molecule has 0 unspecified atom stereocenters. The third kappa shape index (κ3) is 3.75. The number of amides is 2. The molecule has 2 heterocycles. The van der Waals surface area contributed by atoms with E-state index in [2.05, 4.69) is 5.32 Å². The third-order valence-electron chi connectivity index (χ3n) is 3.80. The molecule has 7 nitrogen and oxygen atoms in total. The summed E-state index contributed by atoms with van der Waals surface area (Å²) in [6, 6.07) is 8.44. The largest absolute Gasteiger partial charge is 0.497 e. The Bertz CT molecular complexity index is 947. The van der Waals surface area contributed by atoms with Crippen LogP contribution in [0.3, 0.4) is 0 Å². The number of nitrogens with one attached hydrogen (secondary N) is 1. The van der Waals surface area contributed by atoms with Crippen molar-refractivity contribution in [3.05, 3.63) is 60.1 Å². The minimum Gasteiger partial charge on any atom is -0.497 e. The van der Waals surface area contributed by atoms with Crippen molar-refractivity contribution in [2.24, 2.45) is 0 Å². The molecule has 1 aromatic heterocycles. The Morgan fingerprint density at radius 2 is 2.00 bits per heavy atom. The van der Waals surface area contributed by atoms with Crippen molar-refractivity contribution in [1.29, 1.82) is 0 Å². The first kappa shape index (κ1) is 18.4. The van der Waals surface area contributed by atoms with Gasteiger partial charge < -0.3 is 13.9 Å². The summed E-state index contributed by atoms with van der Waals surface area (Å²) in [4.78, 5) is 26.4. The zero-order chi connectivity index (χ0) is 19.4. The lowest BCUT2D eigenvalue weighted by Crippen LogP contribution is -2.54. The maximum Gasteiger partial charge on any atom is 0.270 e. The van der Waals surface area contributed by atoms with E-state index in [-0.39, 0.29) is 10.7 Å². The highest BCUT2D eigenvalue weighted by atomic mass is 32.1. The van der Waals surface area contributed by atoms with Crippen molar-refractivity contribution in [3.8, 4) is 11.5 Å². The summed E-state index contributed by atoms with van der Waals surface area (Å²) in [6.07, 6.45) is 6.13. The molecule has 27 heavy (non-hydrogen) atoms. The fraction of sp³-hybridized carbons (Fsp3) is 0.105. The molecule has 1 fully saturated rings. The van der Waals surface area contributed by atoms with Crippen molar-refractivity contribution >= 4 is 40.9 Å². The molecule has 2 amide bonds. The van der Waals surface area contributed by atoms with E-state index < -0.39 is 11.8 Å². The molecule has 0 atom stereocenters. The lowest BCUT2D eigenvalue weighted by Gasteiger charge is -2.29. The van der Waals surface area contributed by atoms with Gasteiger partial charge in [0.05, 0.1) is 26.2 Å². The molecule has 0 radical (unpaired) electrons. The van der Waals surface area contributed by atoms with Crippen molar-refractivity contribution in [3.63, 3.8) is 0 Å². The molecule has 1 aromatic carbocycles. The van der Waals surface area contributed by atoms with Gasteiger partial charge in [-0.05, 0) is 48.6 Å². The molecule has 2 aromatic rings. The van der Waals surface area contributed by atoms with Crippen LogP contribution in [0.15, 0.2) is 58.7 Å². The van der Waals surface area contributed by atoms with Gasteiger partial charge in [0.2, 0.25) is 0 Å². The van der Waals surface area contributed by atoms with Crippen molar-refractivity contribution in [2.45, 2.75) is 0 Å². The number of thiocarbonyl (C=S) groups is 1. The predicted molar refractivity (Wildman–Crippen MR) is 104 cm³/mol. The van der Waals surface area contributed by atoms with Crippen LogP contribution in [0.2, 0.25) is 0 Å². The lowest BCUT2D eigenvalue weighted by molar-refractivity contribution is -0.122. The SMILES string of the molecule is COc1ccc(OC)c(N2C(=O)/C(=C\C=C\c3ccco3)C(=O)NC2=S)c1. The van der Waals surface area contributed by atoms with Gasteiger partial charge in [0.15, 0.2) is 5.11 Å². The van der Waals surface area contributed by atoms with Gasteiger partial charge in [-0.25, -0.2) is 4.90 Å². The summed E-state index contributed by atoms with van der Waals surface area (Å²) in [6.45, 7) is 0. The second-order valence-corrected chi connectivity index (χ2v) is 5.78. The number of carbonyl (C=O) groups is 2. The van der Waals surface area contributed by atoms with E-state index in [0.29, 0.717) is 22.9 Å². The molecule has 0 spiro atoms. The molecular formula is C19H16N2O5S. The lowest BCUT2D eigenvalue weighted by atomic mass is 10.1. The van der Waals surface area contributed by atoms with Crippen LogP contribution in [-0.4, -0.2) is 31.1 Å². The maximum atomic E-state index is 13.0. The normalized spacial score (nSPS) is 16.1. The van der Waals surface area contributed by atoms with Crippen LogP contribution in [0.25, 0.3) is 6.08 Å². The fourth-order valence-corrected chi connectivity index (χ4v) is 2.77. The van der Waals surface area contributed by atoms with Crippen LogP contribution < -0.4 is 19.7 Å². The van der Waals surface area contributed by atoms with Gasteiger partial charge in [-0.2, -0.15) is 0 Å². The number of ether oxygens (including phenoxy) is 2. The van der Waals surface area contributed by atoms with Crippen LogP contribution in [0.1, 0.15) is 5.76 Å². The smallest absolute Gasteiger partial charge is 0.270 e. The second kappa shape index (κ2) is 7.88. The Hall–Kier alpha value is -3.39. The van der Waals surface area contributed by atoms with Crippen LogP contribution in [0, 0.1) is 0 Å². The first-order chi connectivity index (χ1) is 13.0. The summed E-state index contributed by atoms with van der Waals surface area (Å²) < 4.78 is 15.7. The van der Waals surface area contributed by atoms with E-state index in [1.165, 1.54) is 31.5 Å². The van der Waals surface area contributed by atoms with Crippen molar-refractivity contribution in [2.75, 3.05) is 19.1 Å². The molecule has 0 bridgehead atoms. The molecule has 0 saturated carbocycles. The number of anilines is 1. The second-order valence-electron chi connectivity index (χ2n) is 5.39. The highest BCUT2D eigenvalue weighted by Crippen LogP contribution is 2.34. The zero-order valence-corrected chi connectivity index (χ0v) is 15.4. The van der Waals surface area contributed by atoms with Gasteiger partial charge in [-0.3, -0.25) is 14.9 Å². The summed E-state index contributed by atoms with van der Waals surface area (Å²) in [5.41, 5.74) is 0.295. The first-order valence-electron chi connectivity index (χ1n) is 7.89. The van der Waals surface area contributed by atoms with E-state index >= 15 is 0 Å². The summed E-state index contributed by atoms with van der Waals surface area (Å²) in [7, 11) is 2.98. The molecular weight excluding hydrogens is 368 g/mol. The predicted octanol–water partition coefficient (Wildman–Crippen LogP) is 2.68. The van der Waals surface area contributed by atoms with E-state index in [1.807, 2.05) is 0 Å². The van der Waals surface area contributed by atoms with Gasteiger partial charge in [-0.15, -0.1) is 0 Å². The number of rotatable bonds is 5. The van der Waals surface area contributed by atoms with Crippen molar-refractivity contribution < 1.29 is 23.5 Å². The Kier molecular flexibility index (Phi) is 5.37. The highest BCUT2D eigenvalue weighted by molar-refractivity contribution is 7.80. The van der Waals surface area contributed by atoms with Crippen LogP contribution in [-0.2, 0) is 9.59 Å². The van der Waals surface area contributed by atoms with Gasteiger partial charge >= 0.3 is 0 Å². The molecule has 1 aliphatic rings. The number of allylic oxidation sites excluding steroid dienone is 2. The first-order valence-corrected chi connectivity index (χ1v) is 8.29. The van der Waals surface area contributed by atoms with Gasteiger partial charge in [-0.1, -0.05) is 6.08 Å². The zero-order valence-electron chi connectivity index (χ0n) is 14.6. The quantitative estimate of drug-likeness (QED) is 0.485. The van der Waals surface area contributed by atoms with Crippen molar-refractivity contribution in [1.82, 2.24) is 5.32 Å². The van der Waals surface area contributed by atoms with Crippen LogP contribution >= 0.6 is 12.2 Å². The highest BCUT2D eigenvalue weighted by Gasteiger charge is 2.35. The van der Waals surface area contributed by atoms with E-state index in [1.54, 1.807) is 42.5 Å². The number of nitrogens with zero attached hydrogens (tertiary/aromatic N) is 1. The minimum atomic E-state index is -0.577. The topological polar surface area (TPSA) is 81.0 Å². The van der Waals surface area contributed by atoms with Gasteiger partial charge in [0, 0.05) is 6.07 Å².